The second-order valence-electron chi connectivity index (χ2n) is 5.88. The Bertz CT molecular complexity index is 601. The zero-order valence-corrected chi connectivity index (χ0v) is 10.6. The van der Waals surface area contributed by atoms with Crippen LogP contribution in [-0.2, 0) is 0 Å². The Morgan fingerprint density at radius 2 is 2.17 bits per heavy atom. The largest absolute Gasteiger partial charge is 0.340 e. The first kappa shape index (κ1) is 10.5. The maximum Gasteiger partial charge on any atom is 0.177 e. The Morgan fingerprint density at radius 1 is 1.33 bits per heavy atom. The van der Waals surface area contributed by atoms with E-state index in [0.717, 1.165) is 22.9 Å². The predicted molar refractivity (Wildman–Crippen MR) is 70.2 cm³/mol. The van der Waals surface area contributed by atoms with Gasteiger partial charge in [-0.05, 0) is 49.7 Å². The van der Waals surface area contributed by atoms with Gasteiger partial charge < -0.3 is 10.7 Å². The zero-order valence-electron chi connectivity index (χ0n) is 10.6. The number of rotatable bonds is 1. The van der Waals surface area contributed by atoms with Crippen LogP contribution in [0.1, 0.15) is 36.6 Å². The number of hydrogen-bond donors (Lipinski definition) is 2. The van der Waals surface area contributed by atoms with Gasteiger partial charge in [-0.25, -0.2) is 9.97 Å². The number of nitrogens with one attached hydrogen (secondary N) is 1. The highest BCUT2D eigenvalue weighted by Crippen LogP contribution is 2.51. The Balaban J connectivity index is 1.81. The Morgan fingerprint density at radius 3 is 2.89 bits per heavy atom. The van der Waals surface area contributed by atoms with Crippen molar-refractivity contribution in [2.24, 2.45) is 17.6 Å². The summed E-state index contributed by atoms with van der Waals surface area (Å²) in [6.45, 7) is 2.09. The van der Waals surface area contributed by atoms with E-state index >= 15 is 0 Å². The lowest BCUT2D eigenvalue weighted by Crippen LogP contribution is -2.34. The molecule has 2 bridgehead atoms. The van der Waals surface area contributed by atoms with Crippen molar-refractivity contribution in [3.05, 3.63) is 23.7 Å². The van der Waals surface area contributed by atoms with Crippen LogP contribution in [0.25, 0.3) is 11.2 Å². The summed E-state index contributed by atoms with van der Waals surface area (Å²) >= 11 is 0. The number of nitrogens with zero attached hydrogens (tertiary/aromatic N) is 2. The first-order valence-corrected chi connectivity index (χ1v) is 6.81. The molecule has 0 radical (unpaired) electrons. The van der Waals surface area contributed by atoms with Crippen LogP contribution in [-0.4, -0.2) is 21.0 Å². The molecule has 94 valence electrons. The number of nitrogens with two attached hydrogens (primary N) is 1. The third-order valence-electron chi connectivity index (χ3n) is 4.92. The van der Waals surface area contributed by atoms with Crippen molar-refractivity contribution >= 4 is 11.2 Å². The zero-order chi connectivity index (χ0) is 12.3. The maximum atomic E-state index is 6.38. The van der Waals surface area contributed by atoms with Crippen LogP contribution >= 0.6 is 0 Å². The van der Waals surface area contributed by atoms with Crippen LogP contribution in [0.4, 0.5) is 0 Å². The first-order valence-electron chi connectivity index (χ1n) is 6.81. The molecule has 4 nitrogen and oxygen atoms in total. The maximum absolute atomic E-state index is 6.38. The van der Waals surface area contributed by atoms with Gasteiger partial charge in [0.2, 0.25) is 0 Å². The Hall–Kier alpha value is -1.42. The van der Waals surface area contributed by atoms with Gasteiger partial charge in [0.05, 0.1) is 5.52 Å². The fourth-order valence-corrected chi connectivity index (χ4v) is 3.95. The molecule has 18 heavy (non-hydrogen) atoms. The van der Waals surface area contributed by atoms with E-state index in [1.54, 1.807) is 0 Å². The molecule has 2 aliphatic rings. The molecule has 2 fully saturated rings. The average molecular weight is 242 g/mol. The smallest absolute Gasteiger partial charge is 0.177 e. The van der Waals surface area contributed by atoms with Gasteiger partial charge in [0, 0.05) is 18.2 Å². The lowest BCUT2D eigenvalue weighted by Gasteiger charge is -2.26. The van der Waals surface area contributed by atoms with E-state index in [0.29, 0.717) is 11.8 Å². The fraction of sp³-hybridized carbons (Fsp3) is 0.571. The fourth-order valence-electron chi connectivity index (χ4n) is 3.95. The molecular formula is C14H18N4. The van der Waals surface area contributed by atoms with Gasteiger partial charge in [-0.1, -0.05) is 0 Å². The predicted octanol–water partition coefficient (Wildman–Crippen LogP) is 2.11. The number of imidazole rings is 1. The van der Waals surface area contributed by atoms with Crippen molar-refractivity contribution in [2.75, 3.05) is 0 Å². The highest BCUT2D eigenvalue weighted by molar-refractivity contribution is 5.74. The minimum Gasteiger partial charge on any atom is -0.340 e. The molecule has 3 N–H and O–H groups in total. The summed E-state index contributed by atoms with van der Waals surface area (Å²) in [5, 5.41) is 0. The molecule has 4 rings (SSSR count). The van der Waals surface area contributed by atoms with E-state index in [-0.39, 0.29) is 6.04 Å². The molecule has 0 aliphatic heterocycles. The quantitative estimate of drug-likeness (QED) is 0.804. The summed E-state index contributed by atoms with van der Waals surface area (Å²) in [5.74, 6) is 2.91. The van der Waals surface area contributed by atoms with E-state index in [2.05, 4.69) is 21.9 Å². The second kappa shape index (κ2) is 3.54. The van der Waals surface area contributed by atoms with Gasteiger partial charge in [0.1, 0.15) is 5.82 Å². The van der Waals surface area contributed by atoms with Gasteiger partial charge in [-0.15, -0.1) is 0 Å². The van der Waals surface area contributed by atoms with E-state index in [9.17, 15) is 0 Å². The molecule has 0 aromatic carbocycles. The summed E-state index contributed by atoms with van der Waals surface area (Å²) in [5.41, 5.74) is 9.48. The summed E-state index contributed by atoms with van der Waals surface area (Å²) in [6, 6.07) is 2.30. The molecule has 4 heteroatoms. The number of hydrogen-bond acceptors (Lipinski definition) is 3. The molecular weight excluding hydrogens is 224 g/mol. The van der Waals surface area contributed by atoms with Gasteiger partial charge >= 0.3 is 0 Å². The number of aromatic nitrogens is 3. The molecule has 4 atom stereocenters. The molecule has 0 amide bonds. The highest BCUT2D eigenvalue weighted by Gasteiger charge is 2.47. The monoisotopic (exact) mass is 242 g/mol. The van der Waals surface area contributed by atoms with Crippen molar-refractivity contribution < 1.29 is 0 Å². The summed E-state index contributed by atoms with van der Waals surface area (Å²) in [4.78, 5) is 12.5. The molecule has 2 aromatic rings. The molecule has 0 saturated heterocycles. The normalized spacial score (nSPS) is 34.6. The molecule has 2 saturated carbocycles. The van der Waals surface area contributed by atoms with Crippen LogP contribution in [0.2, 0.25) is 0 Å². The third kappa shape index (κ3) is 1.29. The van der Waals surface area contributed by atoms with Gasteiger partial charge in [-0.2, -0.15) is 0 Å². The van der Waals surface area contributed by atoms with E-state index in [1.807, 2.05) is 12.3 Å². The van der Waals surface area contributed by atoms with Crippen LogP contribution in [0.15, 0.2) is 12.3 Å². The minimum atomic E-state index is 0.282. The standard InChI is InChI=1S/C14H18N4/c1-7-4-5-16-14-12(7)17-13(18-14)10-8-2-3-9(6-8)11(10)15/h4-5,8-11H,2-3,6,15H2,1H3,(H,16,17,18). The van der Waals surface area contributed by atoms with E-state index in [4.69, 9.17) is 5.73 Å². The number of fused-ring (bicyclic) bond motifs is 3. The molecule has 2 heterocycles. The molecule has 2 aliphatic carbocycles. The molecule has 0 spiro atoms. The number of pyridine rings is 1. The van der Waals surface area contributed by atoms with Crippen LogP contribution in [0.3, 0.4) is 0 Å². The lowest BCUT2D eigenvalue weighted by molar-refractivity contribution is 0.356. The van der Waals surface area contributed by atoms with Crippen molar-refractivity contribution in [3.63, 3.8) is 0 Å². The highest BCUT2D eigenvalue weighted by atomic mass is 15.0. The molecule has 4 unspecified atom stereocenters. The van der Waals surface area contributed by atoms with Gasteiger partial charge in [0.25, 0.3) is 0 Å². The second-order valence-corrected chi connectivity index (χ2v) is 5.88. The van der Waals surface area contributed by atoms with Crippen LogP contribution in [0.5, 0.6) is 0 Å². The minimum absolute atomic E-state index is 0.282. The third-order valence-corrected chi connectivity index (χ3v) is 4.92. The number of aryl methyl sites for hydroxylation is 1. The first-order chi connectivity index (χ1) is 8.74. The SMILES string of the molecule is Cc1ccnc2nc(C3C4CCC(C4)C3N)[nH]c12. The summed E-state index contributed by atoms with van der Waals surface area (Å²) in [7, 11) is 0. The van der Waals surface area contributed by atoms with E-state index < -0.39 is 0 Å². The van der Waals surface area contributed by atoms with Crippen LogP contribution in [0, 0.1) is 18.8 Å². The Kier molecular flexibility index (Phi) is 2.07. The Labute approximate surface area is 106 Å². The summed E-state index contributed by atoms with van der Waals surface area (Å²) in [6.07, 6.45) is 5.73. The van der Waals surface area contributed by atoms with Crippen LogP contribution < -0.4 is 5.73 Å². The van der Waals surface area contributed by atoms with Gasteiger partial charge in [-0.3, -0.25) is 0 Å². The number of H-pyrrole nitrogens is 1. The molecule has 2 aromatic heterocycles. The van der Waals surface area contributed by atoms with Crippen molar-refractivity contribution in [1.29, 1.82) is 0 Å². The van der Waals surface area contributed by atoms with Crippen molar-refractivity contribution in [1.82, 2.24) is 15.0 Å². The van der Waals surface area contributed by atoms with E-state index in [1.165, 1.54) is 24.8 Å². The van der Waals surface area contributed by atoms with Gasteiger partial charge in [0.15, 0.2) is 5.65 Å². The van der Waals surface area contributed by atoms with Crippen molar-refractivity contribution in [2.45, 2.75) is 38.1 Å². The average Bonchev–Trinajstić information content (AvgIpc) is 3.01. The van der Waals surface area contributed by atoms with Crippen molar-refractivity contribution in [3.8, 4) is 0 Å². The summed E-state index contributed by atoms with van der Waals surface area (Å²) < 4.78 is 0. The number of aromatic amines is 1. The lowest BCUT2D eigenvalue weighted by atomic mass is 9.84. The topological polar surface area (TPSA) is 67.6 Å².